The molecule has 6 heteroatoms. The molecule has 0 spiro atoms. The molecule has 0 aliphatic carbocycles. The highest BCUT2D eigenvalue weighted by Gasteiger charge is 2.17. The van der Waals surface area contributed by atoms with Crippen LogP contribution in [0.3, 0.4) is 0 Å². The minimum absolute atomic E-state index is 0.0256. The SMILES string of the molecule is C=NC(CN(C)Cc1c(F)cccc1F)C(N)=O. The molecule has 4 nitrogen and oxygen atoms in total. The van der Waals surface area contributed by atoms with Gasteiger partial charge in [-0.05, 0) is 25.9 Å². The normalized spacial score (nSPS) is 12.4. The summed E-state index contributed by atoms with van der Waals surface area (Å²) in [5.41, 5.74) is 5.05. The average molecular weight is 255 g/mol. The van der Waals surface area contributed by atoms with E-state index < -0.39 is 23.6 Å². The second kappa shape index (κ2) is 6.20. The summed E-state index contributed by atoms with van der Waals surface area (Å²) < 4.78 is 26.8. The molecule has 1 rings (SSSR count). The summed E-state index contributed by atoms with van der Waals surface area (Å²) in [7, 11) is 1.62. The fourth-order valence-corrected chi connectivity index (χ4v) is 1.55. The van der Waals surface area contributed by atoms with Gasteiger partial charge in [-0.1, -0.05) is 6.07 Å². The number of hydrogen-bond donors (Lipinski definition) is 1. The van der Waals surface area contributed by atoms with Gasteiger partial charge in [-0.3, -0.25) is 14.7 Å². The van der Waals surface area contributed by atoms with Crippen LogP contribution in [0, 0.1) is 11.6 Å². The predicted molar refractivity (Wildman–Crippen MR) is 65.2 cm³/mol. The van der Waals surface area contributed by atoms with Crippen LogP contribution in [0.15, 0.2) is 23.2 Å². The van der Waals surface area contributed by atoms with Crippen molar-refractivity contribution in [3.63, 3.8) is 0 Å². The molecule has 0 heterocycles. The second-order valence-corrected chi connectivity index (χ2v) is 4.00. The highest BCUT2D eigenvalue weighted by atomic mass is 19.1. The zero-order valence-corrected chi connectivity index (χ0v) is 10.1. The van der Waals surface area contributed by atoms with Crippen molar-refractivity contribution in [2.45, 2.75) is 12.6 Å². The van der Waals surface area contributed by atoms with Crippen LogP contribution in [-0.4, -0.2) is 37.2 Å². The smallest absolute Gasteiger partial charge is 0.243 e. The molecular weight excluding hydrogens is 240 g/mol. The molecule has 0 bridgehead atoms. The quantitative estimate of drug-likeness (QED) is 0.769. The van der Waals surface area contributed by atoms with Crippen LogP contribution in [0.25, 0.3) is 0 Å². The van der Waals surface area contributed by atoms with E-state index in [1.54, 1.807) is 11.9 Å². The zero-order valence-electron chi connectivity index (χ0n) is 10.1. The minimum atomic E-state index is -0.787. The lowest BCUT2D eigenvalue weighted by molar-refractivity contribution is -0.119. The first kappa shape index (κ1) is 14.2. The highest BCUT2D eigenvalue weighted by Crippen LogP contribution is 2.14. The first-order valence-corrected chi connectivity index (χ1v) is 5.32. The number of hydrogen-bond acceptors (Lipinski definition) is 3. The number of amides is 1. The van der Waals surface area contributed by atoms with Gasteiger partial charge in [0.2, 0.25) is 5.91 Å². The van der Waals surface area contributed by atoms with E-state index in [-0.39, 0.29) is 18.7 Å². The highest BCUT2D eigenvalue weighted by molar-refractivity contribution is 5.80. The van der Waals surface area contributed by atoms with E-state index in [1.165, 1.54) is 18.2 Å². The van der Waals surface area contributed by atoms with Gasteiger partial charge in [-0.2, -0.15) is 0 Å². The summed E-state index contributed by atoms with van der Waals surface area (Å²) in [6.45, 7) is 3.44. The molecule has 1 unspecified atom stereocenters. The molecule has 1 aromatic carbocycles. The molecule has 0 aromatic heterocycles. The van der Waals surface area contributed by atoms with Gasteiger partial charge in [0.15, 0.2) is 0 Å². The first-order valence-electron chi connectivity index (χ1n) is 5.32. The van der Waals surface area contributed by atoms with Crippen LogP contribution in [0.2, 0.25) is 0 Å². The Hall–Kier alpha value is -1.82. The maximum absolute atomic E-state index is 13.4. The summed E-state index contributed by atoms with van der Waals surface area (Å²) in [6.07, 6.45) is 0. The van der Waals surface area contributed by atoms with Crippen LogP contribution >= 0.6 is 0 Å². The summed E-state index contributed by atoms with van der Waals surface area (Å²) in [5.74, 6) is -1.86. The number of nitrogens with zero attached hydrogens (tertiary/aromatic N) is 2. The number of carbonyl (C=O) groups excluding carboxylic acids is 1. The Morgan fingerprint density at radius 1 is 1.50 bits per heavy atom. The topological polar surface area (TPSA) is 58.7 Å². The fourth-order valence-electron chi connectivity index (χ4n) is 1.55. The predicted octanol–water partition coefficient (Wildman–Crippen LogP) is 0.951. The monoisotopic (exact) mass is 255 g/mol. The van der Waals surface area contributed by atoms with Crippen molar-refractivity contribution >= 4 is 12.6 Å². The van der Waals surface area contributed by atoms with Crippen LogP contribution in [-0.2, 0) is 11.3 Å². The van der Waals surface area contributed by atoms with E-state index in [2.05, 4.69) is 11.7 Å². The van der Waals surface area contributed by atoms with Gasteiger partial charge < -0.3 is 5.73 Å². The van der Waals surface area contributed by atoms with E-state index in [1.807, 2.05) is 0 Å². The lowest BCUT2D eigenvalue weighted by Crippen LogP contribution is -2.37. The van der Waals surface area contributed by atoms with E-state index in [4.69, 9.17) is 5.73 Å². The summed E-state index contributed by atoms with van der Waals surface area (Å²) in [4.78, 5) is 16.1. The van der Waals surface area contributed by atoms with Gasteiger partial charge >= 0.3 is 0 Å². The molecular formula is C12H15F2N3O. The van der Waals surface area contributed by atoms with Gasteiger partial charge in [-0.25, -0.2) is 8.78 Å². The maximum Gasteiger partial charge on any atom is 0.243 e. The number of halogens is 2. The Morgan fingerprint density at radius 2 is 2.06 bits per heavy atom. The van der Waals surface area contributed by atoms with Crippen molar-refractivity contribution in [3.05, 3.63) is 35.4 Å². The van der Waals surface area contributed by atoms with Crippen LogP contribution in [0.1, 0.15) is 5.56 Å². The Balaban J connectivity index is 2.73. The van der Waals surface area contributed by atoms with Crippen molar-refractivity contribution in [1.82, 2.24) is 4.90 Å². The zero-order chi connectivity index (χ0) is 13.7. The van der Waals surface area contributed by atoms with Crippen molar-refractivity contribution in [3.8, 4) is 0 Å². The third kappa shape index (κ3) is 3.59. The summed E-state index contributed by atoms with van der Waals surface area (Å²) >= 11 is 0. The van der Waals surface area contributed by atoms with Crippen LogP contribution < -0.4 is 5.73 Å². The second-order valence-electron chi connectivity index (χ2n) is 4.00. The van der Waals surface area contributed by atoms with Gasteiger partial charge in [0, 0.05) is 18.7 Å². The van der Waals surface area contributed by atoms with Crippen LogP contribution in [0.5, 0.6) is 0 Å². The maximum atomic E-state index is 13.4. The third-order valence-corrected chi connectivity index (χ3v) is 2.52. The Bertz CT molecular complexity index is 431. The van der Waals surface area contributed by atoms with Gasteiger partial charge in [0.05, 0.1) is 0 Å². The number of rotatable bonds is 6. The summed E-state index contributed by atoms with van der Waals surface area (Å²) in [5, 5.41) is 0. The van der Waals surface area contributed by atoms with Crippen LogP contribution in [0.4, 0.5) is 8.78 Å². The molecule has 1 amide bonds. The van der Waals surface area contributed by atoms with E-state index in [9.17, 15) is 13.6 Å². The molecule has 0 fully saturated rings. The third-order valence-electron chi connectivity index (χ3n) is 2.52. The molecule has 0 radical (unpaired) electrons. The molecule has 18 heavy (non-hydrogen) atoms. The van der Waals surface area contributed by atoms with Crippen molar-refractivity contribution < 1.29 is 13.6 Å². The molecule has 2 N–H and O–H groups in total. The van der Waals surface area contributed by atoms with Gasteiger partial charge in [0.1, 0.15) is 17.7 Å². The molecule has 0 saturated carbocycles. The number of benzene rings is 1. The minimum Gasteiger partial charge on any atom is -0.368 e. The molecule has 1 atom stereocenters. The number of aliphatic imine (C=N–C) groups is 1. The standard InChI is InChI=1S/C12H15F2N3O/c1-16-11(12(15)18)7-17(2)6-8-9(13)4-3-5-10(8)14/h3-5,11H,1,6-7H2,2H3,(H2,15,18). The molecule has 0 aliphatic heterocycles. The largest absolute Gasteiger partial charge is 0.368 e. The fraction of sp³-hybridized carbons (Fsp3) is 0.333. The number of carbonyl (C=O) groups is 1. The first-order chi connectivity index (χ1) is 8.45. The Labute approximate surface area is 104 Å². The van der Waals surface area contributed by atoms with Crippen molar-refractivity contribution in [2.75, 3.05) is 13.6 Å². The van der Waals surface area contributed by atoms with E-state index in [0.717, 1.165) is 0 Å². The number of nitrogens with two attached hydrogens (primary N) is 1. The van der Waals surface area contributed by atoms with Gasteiger partial charge in [0.25, 0.3) is 0 Å². The van der Waals surface area contributed by atoms with E-state index in [0.29, 0.717) is 0 Å². The van der Waals surface area contributed by atoms with Crippen molar-refractivity contribution in [1.29, 1.82) is 0 Å². The van der Waals surface area contributed by atoms with Gasteiger partial charge in [-0.15, -0.1) is 0 Å². The molecule has 1 aromatic rings. The Kier molecular flexibility index (Phi) is 4.91. The molecule has 0 aliphatic rings. The number of primary amides is 1. The molecule has 98 valence electrons. The Morgan fingerprint density at radius 3 is 2.50 bits per heavy atom. The molecule has 0 saturated heterocycles. The van der Waals surface area contributed by atoms with E-state index >= 15 is 0 Å². The van der Waals surface area contributed by atoms with Crippen molar-refractivity contribution in [2.24, 2.45) is 10.7 Å². The number of likely N-dealkylation sites (N-methyl/N-ethyl adjacent to an activating group) is 1. The average Bonchev–Trinajstić information content (AvgIpc) is 2.30. The lowest BCUT2D eigenvalue weighted by Gasteiger charge is -2.20. The summed E-state index contributed by atoms with van der Waals surface area (Å²) in [6, 6.07) is 2.88. The lowest BCUT2D eigenvalue weighted by atomic mass is 10.1.